The number of ether oxygens (including phenoxy) is 1. The van der Waals surface area contributed by atoms with E-state index in [9.17, 15) is 13.6 Å². The Morgan fingerprint density at radius 1 is 1.16 bits per heavy atom. The first kappa shape index (κ1) is 31.6. The summed E-state index contributed by atoms with van der Waals surface area (Å²) in [6, 6.07) is 7.52. The number of likely N-dealkylation sites (N-methyl/N-ethyl adjacent to an activating group) is 1. The summed E-state index contributed by atoms with van der Waals surface area (Å²) in [4.78, 5) is 32.5. The van der Waals surface area contributed by atoms with Crippen LogP contribution in [0.5, 0.6) is 6.01 Å². The van der Waals surface area contributed by atoms with Gasteiger partial charge in [-0.15, -0.1) is 0 Å². The van der Waals surface area contributed by atoms with E-state index in [1.54, 1.807) is 30.7 Å². The van der Waals surface area contributed by atoms with E-state index in [0.717, 1.165) is 49.6 Å². The quantitative estimate of drug-likeness (QED) is 0.302. The summed E-state index contributed by atoms with van der Waals surface area (Å²) in [5, 5.41) is 1.77. The van der Waals surface area contributed by atoms with Crippen molar-refractivity contribution < 1.29 is 22.7 Å². The first-order valence-electron chi connectivity index (χ1n) is 17.0. The van der Waals surface area contributed by atoms with Crippen LogP contribution in [0.15, 0.2) is 67.0 Å². The molecule has 4 fully saturated rings. The predicted molar refractivity (Wildman–Crippen MR) is 179 cm³/mol. The molecule has 0 bridgehead atoms. The number of anilines is 1. The number of nitrogens with zero attached hydrogens (tertiary/aromatic N) is 7. The number of alkyl halides is 1. The molecule has 10 nitrogen and oxygen atoms in total. The molecule has 0 radical (unpaired) electrons. The Balaban J connectivity index is 1.11. The van der Waals surface area contributed by atoms with E-state index in [1.165, 1.54) is 9.91 Å². The summed E-state index contributed by atoms with van der Waals surface area (Å²) in [6.07, 6.45) is 13.3. The van der Waals surface area contributed by atoms with E-state index in [0.29, 0.717) is 43.1 Å². The number of aromatic nitrogens is 3. The van der Waals surface area contributed by atoms with Gasteiger partial charge in [0.1, 0.15) is 29.8 Å². The summed E-state index contributed by atoms with van der Waals surface area (Å²) in [6.45, 7) is 1.97. The largest absolute Gasteiger partial charge is 0.461 e. The summed E-state index contributed by atoms with van der Waals surface area (Å²) in [5.41, 5.74) is 4.50. The molecular weight excluding hydrogens is 633 g/mol. The zero-order valence-corrected chi connectivity index (χ0v) is 27.4. The fourth-order valence-electron chi connectivity index (χ4n) is 7.85. The van der Waals surface area contributed by atoms with Gasteiger partial charge in [-0.2, -0.15) is 14.4 Å². The average molecular weight is 673 g/mol. The third-order valence-electron chi connectivity index (χ3n) is 10.6. The van der Waals surface area contributed by atoms with Crippen molar-refractivity contribution in [1.29, 1.82) is 0 Å². The maximum atomic E-state index is 16.7. The zero-order valence-electron chi connectivity index (χ0n) is 27.4. The van der Waals surface area contributed by atoms with Crippen molar-refractivity contribution in [1.82, 2.24) is 35.2 Å². The molecule has 8 rings (SSSR count). The number of carbonyl (C=O) groups is 1. The van der Waals surface area contributed by atoms with Gasteiger partial charge < -0.3 is 20.0 Å². The topological polar surface area (TPSA) is 90.0 Å². The molecule has 13 heteroatoms. The number of likely N-dealkylation sites (tertiary alicyclic amines) is 1. The molecule has 0 spiro atoms. The third-order valence-corrected chi connectivity index (χ3v) is 10.6. The number of halogens is 3. The third kappa shape index (κ3) is 5.98. The Morgan fingerprint density at radius 3 is 2.84 bits per heavy atom. The smallest absolute Gasteiger partial charge is 0.319 e. The van der Waals surface area contributed by atoms with Crippen LogP contribution < -0.4 is 15.1 Å². The van der Waals surface area contributed by atoms with Crippen molar-refractivity contribution in [3.05, 3.63) is 78.4 Å². The second-order valence-corrected chi connectivity index (χ2v) is 13.8. The Labute approximate surface area is 282 Å². The SMILES string of the molecule is CN(c1nc(OC[C@@]23CCCN2C[C@H](F)C3)nc2c(F)c(-c3ccccc3C3CC3)ncc12)[C@@H]1CCN(C(=O)/C(F)=C/N2C=CC=CN2)C1. The van der Waals surface area contributed by atoms with Crippen molar-refractivity contribution in [2.75, 3.05) is 44.7 Å². The van der Waals surface area contributed by atoms with Gasteiger partial charge in [0, 0.05) is 63.3 Å². The van der Waals surface area contributed by atoms with E-state index in [1.807, 2.05) is 36.2 Å². The second-order valence-electron chi connectivity index (χ2n) is 13.8. The Bertz CT molecular complexity index is 1870. The van der Waals surface area contributed by atoms with Crippen LogP contribution in [0.25, 0.3) is 22.2 Å². The lowest BCUT2D eigenvalue weighted by Gasteiger charge is -2.31. The lowest BCUT2D eigenvalue weighted by atomic mass is 9.95. The molecule has 1 aromatic carbocycles. The molecule has 1 aliphatic carbocycles. The van der Waals surface area contributed by atoms with Gasteiger partial charge in [-0.3, -0.25) is 19.7 Å². The van der Waals surface area contributed by atoms with Gasteiger partial charge in [-0.25, -0.2) is 8.78 Å². The minimum absolute atomic E-state index is 0.000421. The number of hydrazine groups is 1. The lowest BCUT2D eigenvalue weighted by molar-refractivity contribution is -0.127. The normalized spacial score (nSPS) is 25.3. The maximum absolute atomic E-state index is 16.7. The Morgan fingerprint density at radius 2 is 2.02 bits per heavy atom. The van der Waals surface area contributed by atoms with Crippen LogP contribution in [0.1, 0.15) is 50.0 Å². The fourth-order valence-corrected chi connectivity index (χ4v) is 7.85. The van der Waals surface area contributed by atoms with Crippen LogP contribution in [0.4, 0.5) is 19.0 Å². The molecule has 4 aliphatic heterocycles. The van der Waals surface area contributed by atoms with Crippen LogP contribution >= 0.6 is 0 Å². The molecule has 5 aliphatic rings. The average Bonchev–Trinajstić information content (AvgIpc) is 3.58. The lowest BCUT2D eigenvalue weighted by Crippen LogP contribution is -2.43. The molecule has 1 saturated carbocycles. The van der Waals surface area contributed by atoms with Crippen molar-refractivity contribution in [3.63, 3.8) is 0 Å². The number of pyridine rings is 1. The number of rotatable bonds is 9. The van der Waals surface area contributed by atoms with Crippen LogP contribution in [-0.4, -0.2) is 93.3 Å². The minimum atomic E-state index is -0.919. The van der Waals surface area contributed by atoms with Crippen LogP contribution in [-0.2, 0) is 4.79 Å². The van der Waals surface area contributed by atoms with E-state index in [2.05, 4.69) is 20.3 Å². The minimum Gasteiger partial charge on any atom is -0.461 e. The number of hydrogen-bond acceptors (Lipinski definition) is 9. The van der Waals surface area contributed by atoms with Crippen molar-refractivity contribution in [2.45, 2.75) is 62.2 Å². The predicted octanol–water partition coefficient (Wildman–Crippen LogP) is 5.36. The molecule has 49 heavy (non-hydrogen) atoms. The van der Waals surface area contributed by atoms with Gasteiger partial charge >= 0.3 is 6.01 Å². The first-order valence-corrected chi connectivity index (χ1v) is 17.0. The van der Waals surface area contributed by atoms with Crippen LogP contribution in [0, 0.1) is 5.82 Å². The van der Waals surface area contributed by atoms with E-state index in [4.69, 9.17) is 9.72 Å². The zero-order chi connectivity index (χ0) is 33.7. The number of hydrogen-bond donors (Lipinski definition) is 1. The molecule has 256 valence electrons. The van der Waals surface area contributed by atoms with Gasteiger partial charge in [0.05, 0.1) is 17.1 Å². The molecule has 3 saturated heterocycles. The summed E-state index contributed by atoms with van der Waals surface area (Å²) in [7, 11) is 1.82. The second kappa shape index (κ2) is 12.7. The van der Waals surface area contributed by atoms with E-state index < -0.39 is 29.3 Å². The summed E-state index contributed by atoms with van der Waals surface area (Å²) in [5.74, 6) is -1.40. The Hall–Kier alpha value is -4.65. The van der Waals surface area contributed by atoms with Gasteiger partial charge in [0.15, 0.2) is 5.82 Å². The highest BCUT2D eigenvalue weighted by Gasteiger charge is 2.49. The van der Waals surface area contributed by atoms with Gasteiger partial charge in [-0.05, 0) is 62.3 Å². The molecule has 3 atom stereocenters. The number of benzene rings is 1. The number of nitrogens with one attached hydrogen (secondary N) is 1. The van der Waals surface area contributed by atoms with Crippen LogP contribution in [0.3, 0.4) is 0 Å². The van der Waals surface area contributed by atoms with Crippen molar-refractivity contribution >= 4 is 22.6 Å². The molecule has 6 heterocycles. The molecule has 3 aromatic rings. The number of fused-ring (bicyclic) bond motifs is 2. The van der Waals surface area contributed by atoms with Crippen molar-refractivity contribution in [2.24, 2.45) is 0 Å². The number of amides is 1. The van der Waals surface area contributed by atoms with Crippen molar-refractivity contribution in [3.8, 4) is 17.3 Å². The molecule has 1 N–H and O–H groups in total. The molecule has 2 aromatic heterocycles. The monoisotopic (exact) mass is 672 g/mol. The molecule has 0 unspecified atom stereocenters. The first-order chi connectivity index (χ1) is 23.8. The van der Waals surface area contributed by atoms with E-state index in [-0.39, 0.29) is 36.4 Å². The van der Waals surface area contributed by atoms with Crippen LogP contribution in [0.2, 0.25) is 0 Å². The van der Waals surface area contributed by atoms with Gasteiger partial charge in [-0.1, -0.05) is 24.3 Å². The summed E-state index contributed by atoms with van der Waals surface area (Å²) >= 11 is 0. The maximum Gasteiger partial charge on any atom is 0.319 e. The highest BCUT2D eigenvalue weighted by atomic mass is 19.1. The standard InChI is InChI=1S/C36H39F3N8O2/c1-44(25-11-16-45(20-25)34(48)29(38)21-47-15-5-4-13-41-47)33-28-18-40-31(27-8-3-2-7-26(27)23-9-10-23)30(39)32(28)42-35(43-33)49-22-36-12-6-14-46(36)19-24(37)17-36/h2-5,7-8,13,15,18,21,23-25,41H,6,9-12,14,16-17,19-20,22H2,1H3/b29-21-/t24-,25-,36+/m1/s1. The van der Waals surface area contributed by atoms with Gasteiger partial charge in [0.2, 0.25) is 5.83 Å². The summed E-state index contributed by atoms with van der Waals surface area (Å²) < 4.78 is 52.4. The fraction of sp³-hybridized carbons (Fsp3) is 0.444. The highest BCUT2D eigenvalue weighted by molar-refractivity contribution is 5.93. The van der Waals surface area contributed by atoms with E-state index >= 15 is 4.39 Å². The molecule has 1 amide bonds. The highest BCUT2D eigenvalue weighted by Crippen LogP contribution is 2.45. The number of allylic oxidation sites excluding steroid dienone is 2. The molecular formula is C36H39F3N8O2. The Kier molecular flexibility index (Phi) is 8.17. The van der Waals surface area contributed by atoms with Gasteiger partial charge in [0.25, 0.3) is 5.91 Å². The number of carbonyl (C=O) groups excluding carboxylic acids is 1.